The molecule has 0 saturated heterocycles. The van der Waals surface area contributed by atoms with E-state index in [2.05, 4.69) is 6.58 Å². The first-order chi connectivity index (χ1) is 35.7. The largest absolute Gasteiger partial charge is 0.493 e. The minimum atomic E-state index is -0.689. The molecule has 0 saturated carbocycles. The summed E-state index contributed by atoms with van der Waals surface area (Å²) >= 11 is 0. The van der Waals surface area contributed by atoms with Crippen molar-refractivity contribution >= 4 is 47.6 Å². The molecule has 0 unspecified atom stereocenters. The summed E-state index contributed by atoms with van der Waals surface area (Å²) in [5.41, 5.74) is 0.708. The summed E-state index contributed by atoms with van der Waals surface area (Å²) in [5.74, 6) is 0.807. The molecule has 12 heteroatoms. The number of carbonyl (C=O) groups excluding carboxylic acids is 6. The molecule has 0 aliphatic heterocycles. The van der Waals surface area contributed by atoms with E-state index in [1.807, 2.05) is 58.9 Å². The lowest BCUT2D eigenvalue weighted by Crippen LogP contribution is -2.27. The van der Waals surface area contributed by atoms with E-state index in [-0.39, 0.29) is 35.4 Å². The van der Waals surface area contributed by atoms with E-state index in [1.54, 1.807) is 162 Å². The van der Waals surface area contributed by atoms with Gasteiger partial charge in [0.2, 0.25) is 0 Å². The zero-order chi connectivity index (χ0) is 58.1. The molecule has 0 bridgehead atoms. The Bertz CT molecular complexity index is 2810. The van der Waals surface area contributed by atoms with Crippen molar-refractivity contribution in [3.05, 3.63) is 143 Å². The molecule has 0 amide bonds. The van der Waals surface area contributed by atoms with Gasteiger partial charge in [-0.05, 0) is 200 Å². The van der Waals surface area contributed by atoms with Gasteiger partial charge in [0.25, 0.3) is 0 Å². The van der Waals surface area contributed by atoms with Gasteiger partial charge in [0.15, 0.2) is 11.6 Å². The highest BCUT2D eigenvalue weighted by Gasteiger charge is 2.30. The standard InChI is InChI=1S/C33H42O6.C32H40O6/c1-11-19-37-27-21-28(39-30(36)32(6,7)8)25(33(9,10)12-2)20-23(27)15-18-26(34)22-13-16-24(17-14-22)38-29(35)31(3,4)5;1-9-11-12-23-20-24(27(36-19-10-2)21-28(23)38-30(35)32(6,7)8)15-18-26(33)22-13-16-25(17-14-22)37-29(34)31(3,4)5/h12-18,20-21H,2,11,19H2,1,3-10H3;9,11,13-18,20-21H,10,12,19H2,1-8H3. The molecule has 0 aromatic heterocycles. The van der Waals surface area contributed by atoms with Crippen LogP contribution >= 0.6 is 0 Å². The molecule has 12 nitrogen and oxygen atoms in total. The summed E-state index contributed by atoms with van der Waals surface area (Å²) in [6.07, 6.45) is 14.2. The molecule has 0 N–H and O–H groups in total. The maximum absolute atomic E-state index is 13.0. The molecule has 0 heterocycles. The Kier molecular flexibility index (Phi) is 22.9. The summed E-state index contributed by atoms with van der Waals surface area (Å²) in [5, 5.41) is 0. The SMILES string of the molecule is C=CC(C)(C)c1cc(C=CC(=O)c2ccc(OC(=O)C(C)(C)C)cc2)c(OCCC)cc1OC(=O)C(C)(C)C.CC=CCc1cc(C=CC(=O)c2ccc(OC(=O)C(C)(C)C)cc2)c(OCCC)cc1OC(=O)C(C)(C)C. The van der Waals surface area contributed by atoms with Crippen LogP contribution in [0.15, 0.2) is 110 Å². The van der Waals surface area contributed by atoms with Gasteiger partial charge in [0.05, 0.1) is 34.9 Å². The van der Waals surface area contributed by atoms with Gasteiger partial charge in [-0.25, -0.2) is 0 Å². The third kappa shape index (κ3) is 20.0. The topological polar surface area (TPSA) is 158 Å². The van der Waals surface area contributed by atoms with Crippen LogP contribution in [0.4, 0.5) is 0 Å². The van der Waals surface area contributed by atoms with Gasteiger partial charge in [-0.3, -0.25) is 28.8 Å². The number of hydrogen-bond acceptors (Lipinski definition) is 12. The fraction of sp³-hybridized carbons (Fsp3) is 0.415. The first-order valence-electron chi connectivity index (χ1n) is 26.2. The zero-order valence-corrected chi connectivity index (χ0v) is 48.6. The summed E-state index contributed by atoms with van der Waals surface area (Å²) in [6.45, 7) is 36.2. The maximum Gasteiger partial charge on any atom is 0.316 e. The number of hydrogen-bond donors (Lipinski definition) is 0. The number of ether oxygens (including phenoxy) is 6. The van der Waals surface area contributed by atoms with Crippen molar-refractivity contribution in [1.82, 2.24) is 0 Å². The predicted octanol–water partition coefficient (Wildman–Crippen LogP) is 15.1. The molecule has 414 valence electrons. The predicted molar refractivity (Wildman–Crippen MR) is 306 cm³/mol. The molecule has 4 aromatic carbocycles. The molecule has 0 aliphatic carbocycles. The minimum absolute atomic E-state index is 0.210. The average molecular weight is 1060 g/mol. The van der Waals surface area contributed by atoms with Gasteiger partial charge in [-0.1, -0.05) is 45.9 Å². The van der Waals surface area contributed by atoms with E-state index in [0.29, 0.717) is 76.4 Å². The van der Waals surface area contributed by atoms with Crippen molar-refractivity contribution in [2.45, 2.75) is 142 Å². The van der Waals surface area contributed by atoms with Crippen LogP contribution in [0, 0.1) is 21.7 Å². The van der Waals surface area contributed by atoms with Crippen LogP contribution in [0.5, 0.6) is 34.5 Å². The maximum atomic E-state index is 13.0. The molecular weight excluding hydrogens is 973 g/mol. The smallest absolute Gasteiger partial charge is 0.316 e. The van der Waals surface area contributed by atoms with Crippen molar-refractivity contribution < 1.29 is 57.2 Å². The lowest BCUT2D eigenvalue weighted by molar-refractivity contribution is -0.143. The molecule has 0 spiro atoms. The second kappa shape index (κ2) is 27.6. The van der Waals surface area contributed by atoms with Crippen LogP contribution in [-0.4, -0.2) is 48.7 Å². The minimum Gasteiger partial charge on any atom is -0.493 e. The van der Waals surface area contributed by atoms with Crippen molar-refractivity contribution in [2.75, 3.05) is 13.2 Å². The van der Waals surface area contributed by atoms with Crippen molar-refractivity contribution in [3.63, 3.8) is 0 Å². The molecule has 4 rings (SSSR count). The normalized spacial score (nSPS) is 12.2. The van der Waals surface area contributed by atoms with E-state index in [0.717, 1.165) is 24.0 Å². The fourth-order valence-corrected chi connectivity index (χ4v) is 6.26. The van der Waals surface area contributed by atoms with Crippen molar-refractivity contribution in [1.29, 1.82) is 0 Å². The average Bonchev–Trinajstić information content (AvgIpc) is 3.35. The summed E-state index contributed by atoms with van der Waals surface area (Å²) in [4.78, 5) is 75.4. The molecule has 0 aliphatic rings. The Morgan fingerprint density at radius 2 is 0.844 bits per heavy atom. The summed E-state index contributed by atoms with van der Waals surface area (Å²) in [7, 11) is 0. The summed E-state index contributed by atoms with van der Waals surface area (Å²) < 4.78 is 34.3. The van der Waals surface area contributed by atoms with E-state index in [9.17, 15) is 28.8 Å². The monoisotopic (exact) mass is 1050 g/mol. The van der Waals surface area contributed by atoms with Crippen molar-refractivity contribution in [3.8, 4) is 34.5 Å². The lowest BCUT2D eigenvalue weighted by Gasteiger charge is -2.26. The van der Waals surface area contributed by atoms with E-state index in [4.69, 9.17) is 28.4 Å². The van der Waals surface area contributed by atoms with Gasteiger partial charge in [0, 0.05) is 45.4 Å². The highest BCUT2D eigenvalue weighted by molar-refractivity contribution is 6.07. The number of esters is 4. The first-order valence-corrected chi connectivity index (χ1v) is 26.2. The zero-order valence-electron chi connectivity index (χ0n) is 48.6. The number of carbonyl (C=O) groups is 6. The molecule has 77 heavy (non-hydrogen) atoms. The van der Waals surface area contributed by atoms with Gasteiger partial charge in [0.1, 0.15) is 34.5 Å². The number of ketones is 2. The number of allylic oxidation sites excluding steroid dienone is 5. The van der Waals surface area contributed by atoms with Crippen LogP contribution in [0.3, 0.4) is 0 Å². The Labute approximate surface area is 457 Å². The number of rotatable bonds is 20. The highest BCUT2D eigenvalue weighted by atomic mass is 16.6. The van der Waals surface area contributed by atoms with Crippen LogP contribution in [-0.2, 0) is 31.0 Å². The van der Waals surface area contributed by atoms with Gasteiger partial charge >= 0.3 is 23.9 Å². The van der Waals surface area contributed by atoms with Crippen LogP contribution in [0.1, 0.15) is 174 Å². The van der Waals surface area contributed by atoms with Crippen LogP contribution in [0.25, 0.3) is 12.2 Å². The van der Waals surface area contributed by atoms with E-state index < -0.39 is 27.1 Å². The highest BCUT2D eigenvalue weighted by Crippen LogP contribution is 2.40. The third-order valence-corrected chi connectivity index (χ3v) is 11.4. The molecule has 4 aromatic rings. The number of benzene rings is 4. The third-order valence-electron chi connectivity index (χ3n) is 11.4. The second-order valence-corrected chi connectivity index (χ2v) is 23.3. The molecule has 0 radical (unpaired) electrons. The Hall–Kier alpha value is -7.34. The van der Waals surface area contributed by atoms with E-state index >= 15 is 0 Å². The first kappa shape index (κ1) is 63.9. The molecular formula is C65H82O12. The molecule has 0 atom stereocenters. The lowest BCUT2D eigenvalue weighted by atomic mass is 9.83. The fourth-order valence-electron chi connectivity index (χ4n) is 6.26. The quantitative estimate of drug-likeness (QED) is 0.0272. The van der Waals surface area contributed by atoms with Gasteiger partial charge in [-0.15, -0.1) is 6.58 Å². The van der Waals surface area contributed by atoms with Crippen LogP contribution in [0.2, 0.25) is 0 Å². The molecule has 0 fully saturated rings. The van der Waals surface area contributed by atoms with Crippen molar-refractivity contribution in [2.24, 2.45) is 21.7 Å². The Morgan fingerprint density at radius 3 is 1.21 bits per heavy atom. The van der Waals surface area contributed by atoms with Gasteiger partial charge in [-0.2, -0.15) is 0 Å². The Balaban J connectivity index is 0.000000405. The second-order valence-electron chi connectivity index (χ2n) is 23.3. The Morgan fingerprint density at radius 1 is 0.481 bits per heavy atom. The van der Waals surface area contributed by atoms with Crippen LogP contribution < -0.4 is 28.4 Å². The summed E-state index contributed by atoms with van der Waals surface area (Å²) in [6, 6.07) is 20.1. The van der Waals surface area contributed by atoms with Gasteiger partial charge < -0.3 is 28.4 Å². The van der Waals surface area contributed by atoms with E-state index in [1.165, 1.54) is 12.2 Å².